The van der Waals surface area contributed by atoms with E-state index in [-0.39, 0.29) is 17.1 Å². The molecule has 2 aliphatic rings. The van der Waals surface area contributed by atoms with Gasteiger partial charge in [-0.3, -0.25) is 4.90 Å². The van der Waals surface area contributed by atoms with Crippen molar-refractivity contribution in [2.24, 2.45) is 0 Å². The number of rotatable bonds is 3. The highest BCUT2D eigenvalue weighted by Crippen LogP contribution is 2.43. The Balaban J connectivity index is 1.28. The first-order valence-corrected chi connectivity index (χ1v) is 9.34. The Morgan fingerprint density at radius 2 is 1.74 bits per heavy atom. The van der Waals surface area contributed by atoms with Gasteiger partial charge < -0.3 is 14.4 Å². The fraction of sp³-hybridized carbons (Fsp3) is 0.389. The molecule has 2 aliphatic heterocycles. The summed E-state index contributed by atoms with van der Waals surface area (Å²) in [4.78, 5) is 3.88. The first-order chi connectivity index (χ1) is 14.7. The molecule has 5 rings (SSSR count). The van der Waals surface area contributed by atoms with Gasteiger partial charge in [0.15, 0.2) is 17.1 Å². The summed E-state index contributed by atoms with van der Waals surface area (Å²) in [5, 5.41) is 10.7. The zero-order chi connectivity index (χ0) is 21.8. The number of hydrogen-bond donors (Lipinski definition) is 0. The van der Waals surface area contributed by atoms with E-state index < -0.39 is 18.3 Å². The SMILES string of the molecule is FC1(F)Oc2cccc(CN3CCN(c4ccc5nnc(C(F)(F)F)n5n4)CC3)c2O1. The van der Waals surface area contributed by atoms with E-state index >= 15 is 0 Å². The highest BCUT2D eigenvalue weighted by molar-refractivity contribution is 5.49. The topological polar surface area (TPSA) is 68.0 Å². The van der Waals surface area contributed by atoms with Crippen LogP contribution < -0.4 is 14.4 Å². The zero-order valence-corrected chi connectivity index (χ0v) is 15.8. The van der Waals surface area contributed by atoms with Crippen molar-refractivity contribution in [3.8, 4) is 11.5 Å². The number of aromatic nitrogens is 4. The maximum Gasteiger partial charge on any atom is 0.586 e. The monoisotopic (exact) mass is 442 g/mol. The molecule has 1 fully saturated rings. The van der Waals surface area contributed by atoms with Crippen LogP contribution in [0.2, 0.25) is 0 Å². The molecule has 8 nitrogen and oxygen atoms in total. The molecule has 0 saturated carbocycles. The molecule has 13 heteroatoms. The molecule has 0 spiro atoms. The lowest BCUT2D eigenvalue weighted by molar-refractivity contribution is -0.287. The largest absolute Gasteiger partial charge is 0.586 e. The van der Waals surface area contributed by atoms with Crippen molar-refractivity contribution in [1.82, 2.24) is 24.7 Å². The predicted molar refractivity (Wildman–Crippen MR) is 95.9 cm³/mol. The molecule has 31 heavy (non-hydrogen) atoms. The van der Waals surface area contributed by atoms with Crippen LogP contribution in [0, 0.1) is 0 Å². The predicted octanol–water partition coefficient (Wildman–Crippen LogP) is 2.79. The summed E-state index contributed by atoms with van der Waals surface area (Å²) >= 11 is 0. The van der Waals surface area contributed by atoms with Crippen LogP contribution in [0.15, 0.2) is 30.3 Å². The van der Waals surface area contributed by atoms with Crippen LogP contribution in [0.25, 0.3) is 5.65 Å². The minimum absolute atomic E-state index is 0.00617. The minimum atomic E-state index is -4.66. The van der Waals surface area contributed by atoms with Crippen molar-refractivity contribution in [3.05, 3.63) is 41.7 Å². The van der Waals surface area contributed by atoms with Gasteiger partial charge in [-0.15, -0.1) is 24.1 Å². The minimum Gasteiger partial charge on any atom is -0.395 e. The number of nitrogens with zero attached hydrogens (tertiary/aromatic N) is 6. The number of anilines is 1. The van der Waals surface area contributed by atoms with Crippen LogP contribution in [-0.4, -0.2) is 57.2 Å². The lowest BCUT2D eigenvalue weighted by atomic mass is 10.1. The fourth-order valence-electron chi connectivity index (χ4n) is 3.65. The summed E-state index contributed by atoms with van der Waals surface area (Å²) in [5.74, 6) is -0.795. The summed E-state index contributed by atoms with van der Waals surface area (Å²) < 4.78 is 75.8. The highest BCUT2D eigenvalue weighted by atomic mass is 19.4. The molecule has 0 bridgehead atoms. The number of hydrogen-bond acceptors (Lipinski definition) is 7. The summed E-state index contributed by atoms with van der Waals surface area (Å²) in [6, 6.07) is 7.75. The number of piperazine rings is 1. The van der Waals surface area contributed by atoms with E-state index in [1.54, 1.807) is 18.2 Å². The fourth-order valence-corrected chi connectivity index (χ4v) is 3.65. The normalized spacial score (nSPS) is 18.7. The highest BCUT2D eigenvalue weighted by Gasteiger charge is 2.44. The van der Waals surface area contributed by atoms with Gasteiger partial charge in [-0.2, -0.15) is 17.7 Å². The lowest BCUT2D eigenvalue weighted by Gasteiger charge is -2.35. The average Bonchev–Trinajstić information content (AvgIpc) is 3.28. The van der Waals surface area contributed by atoms with Crippen molar-refractivity contribution in [2.75, 3.05) is 31.1 Å². The summed E-state index contributed by atoms with van der Waals surface area (Å²) in [6.45, 7) is 2.45. The van der Waals surface area contributed by atoms with Crippen LogP contribution in [0.5, 0.6) is 11.5 Å². The molecule has 1 saturated heterocycles. The molecule has 2 aromatic heterocycles. The molecule has 0 unspecified atom stereocenters. The van der Waals surface area contributed by atoms with Crippen molar-refractivity contribution < 1.29 is 31.4 Å². The van der Waals surface area contributed by atoms with Crippen LogP contribution in [0.1, 0.15) is 11.4 Å². The van der Waals surface area contributed by atoms with Gasteiger partial charge in [0, 0.05) is 38.3 Å². The quantitative estimate of drug-likeness (QED) is 0.578. The number of fused-ring (bicyclic) bond motifs is 2. The maximum atomic E-state index is 13.4. The lowest BCUT2D eigenvalue weighted by Crippen LogP contribution is -2.46. The van der Waals surface area contributed by atoms with E-state index in [1.165, 1.54) is 12.1 Å². The Labute approximate surface area is 171 Å². The van der Waals surface area contributed by atoms with E-state index in [9.17, 15) is 22.0 Å². The van der Waals surface area contributed by atoms with Crippen LogP contribution in [0.3, 0.4) is 0 Å². The molecule has 0 atom stereocenters. The van der Waals surface area contributed by atoms with Gasteiger partial charge in [-0.1, -0.05) is 12.1 Å². The Bertz CT molecular complexity index is 1130. The summed E-state index contributed by atoms with van der Waals surface area (Å²) in [5.41, 5.74) is 0.577. The molecule has 0 aliphatic carbocycles. The number of halogens is 5. The van der Waals surface area contributed by atoms with E-state index in [4.69, 9.17) is 0 Å². The van der Waals surface area contributed by atoms with Gasteiger partial charge in [0.1, 0.15) is 5.82 Å². The number of para-hydroxylation sites is 1. The van der Waals surface area contributed by atoms with Crippen molar-refractivity contribution in [1.29, 1.82) is 0 Å². The standard InChI is InChI=1S/C18H15F5N6O2/c19-17(20,21)16-25-24-13-4-5-14(26-29(13)16)28-8-6-27(7-9-28)10-11-2-1-3-12-15(11)31-18(22,23)30-12/h1-5H,6-10H2. The van der Waals surface area contributed by atoms with E-state index in [2.05, 4.69) is 24.8 Å². The molecular formula is C18H15F5N6O2. The molecule has 4 heterocycles. The van der Waals surface area contributed by atoms with Crippen molar-refractivity contribution in [2.45, 2.75) is 19.0 Å². The molecular weight excluding hydrogens is 427 g/mol. The van der Waals surface area contributed by atoms with E-state index in [1.807, 2.05) is 9.80 Å². The first-order valence-electron chi connectivity index (χ1n) is 9.34. The van der Waals surface area contributed by atoms with Gasteiger partial charge in [-0.25, -0.2) is 0 Å². The van der Waals surface area contributed by atoms with Crippen molar-refractivity contribution in [3.63, 3.8) is 0 Å². The second kappa shape index (κ2) is 6.90. The summed E-state index contributed by atoms with van der Waals surface area (Å²) in [6.07, 6.45) is -8.35. The van der Waals surface area contributed by atoms with Gasteiger partial charge in [0.2, 0.25) is 0 Å². The second-order valence-electron chi connectivity index (χ2n) is 7.16. The first kappa shape index (κ1) is 19.7. The molecule has 164 valence electrons. The summed E-state index contributed by atoms with van der Waals surface area (Å²) in [7, 11) is 0. The molecule has 1 aromatic carbocycles. The molecule has 0 amide bonds. The van der Waals surface area contributed by atoms with E-state index in [0.29, 0.717) is 48.6 Å². The third-order valence-corrected chi connectivity index (χ3v) is 5.10. The zero-order valence-electron chi connectivity index (χ0n) is 15.8. The Kier molecular flexibility index (Phi) is 4.39. The second-order valence-corrected chi connectivity index (χ2v) is 7.16. The van der Waals surface area contributed by atoms with Crippen LogP contribution in [0.4, 0.5) is 27.8 Å². The third-order valence-electron chi connectivity index (χ3n) is 5.10. The average molecular weight is 442 g/mol. The maximum absolute atomic E-state index is 13.4. The molecule has 3 aromatic rings. The Morgan fingerprint density at radius 3 is 2.48 bits per heavy atom. The van der Waals surface area contributed by atoms with Gasteiger partial charge in [0.25, 0.3) is 5.82 Å². The van der Waals surface area contributed by atoms with Crippen LogP contribution >= 0.6 is 0 Å². The third kappa shape index (κ3) is 3.69. The Morgan fingerprint density at radius 1 is 0.968 bits per heavy atom. The van der Waals surface area contributed by atoms with Crippen molar-refractivity contribution >= 4 is 11.5 Å². The number of ether oxygens (including phenoxy) is 2. The smallest absolute Gasteiger partial charge is 0.395 e. The van der Waals surface area contributed by atoms with Gasteiger partial charge in [0.05, 0.1) is 0 Å². The molecule has 0 N–H and O–H groups in total. The van der Waals surface area contributed by atoms with E-state index in [0.717, 1.165) is 0 Å². The van der Waals surface area contributed by atoms with Gasteiger partial charge in [-0.05, 0) is 18.2 Å². The number of alkyl halides is 5. The van der Waals surface area contributed by atoms with Crippen LogP contribution in [-0.2, 0) is 12.7 Å². The van der Waals surface area contributed by atoms with Gasteiger partial charge >= 0.3 is 12.5 Å². The molecule has 0 radical (unpaired) electrons. The Hall–Kier alpha value is -3.22. The number of benzene rings is 1.